The summed E-state index contributed by atoms with van der Waals surface area (Å²) < 4.78 is 25.0. The van der Waals surface area contributed by atoms with Gasteiger partial charge in [-0.2, -0.15) is 0 Å². The van der Waals surface area contributed by atoms with E-state index in [1.165, 1.54) is 72.8 Å². The number of nitrogens with zero attached hydrogens (tertiary/aromatic N) is 10. The lowest BCUT2D eigenvalue weighted by Gasteiger charge is -2.09. The fourth-order valence-corrected chi connectivity index (χ4v) is 4.36. The van der Waals surface area contributed by atoms with E-state index in [9.17, 15) is 50.0 Å². The number of hydrogen-bond acceptors (Lipinski definition) is 18. The first-order valence-corrected chi connectivity index (χ1v) is 17.2. The maximum absolute atomic E-state index is 11.8. The van der Waals surface area contributed by atoms with E-state index in [2.05, 4.69) is 24.8 Å². The number of aliphatic hydroxyl groups excluding tert-OH is 1. The first-order chi connectivity index (χ1) is 29.2. The smallest absolute Gasteiger partial charge is 0.494 e. The van der Waals surface area contributed by atoms with Gasteiger partial charge in [-0.1, -0.05) is 10.2 Å². The zero-order valence-corrected chi connectivity index (χ0v) is 31.9. The van der Waals surface area contributed by atoms with E-state index in [4.69, 9.17) is 46.7 Å². The predicted octanol–water partition coefficient (Wildman–Crippen LogP) is 8.80. The number of hydrogen-bond donors (Lipinski definition) is 1. The molecule has 0 fully saturated rings. The fraction of sp³-hybridized carbons (Fsp3) is 0.235. The van der Waals surface area contributed by atoms with Crippen molar-refractivity contribution >= 4 is 45.9 Å². The Balaban J connectivity index is 0.000000349. The molecule has 0 bridgehead atoms. The van der Waals surface area contributed by atoms with E-state index >= 15 is 0 Å². The molecular weight excluding hydrogens is 840 g/mol. The molecule has 0 aliphatic carbocycles. The summed E-state index contributed by atoms with van der Waals surface area (Å²) in [5, 5.41) is 58.4. The van der Waals surface area contributed by atoms with Gasteiger partial charge in [-0.3, -0.25) is 40.5 Å². The molecule has 0 radical (unpaired) electrons. The molecule has 0 amide bonds. The van der Waals surface area contributed by atoms with Gasteiger partial charge in [0.2, 0.25) is 0 Å². The summed E-state index contributed by atoms with van der Waals surface area (Å²) >= 11 is 4.92. The number of nitro groups is 4. The van der Waals surface area contributed by atoms with Gasteiger partial charge >= 0.3 is 11.6 Å². The molecule has 61 heavy (non-hydrogen) atoms. The van der Waals surface area contributed by atoms with Crippen LogP contribution in [0.1, 0.15) is 24.0 Å². The number of halogens is 1. The summed E-state index contributed by atoms with van der Waals surface area (Å²) in [4.78, 5) is 67.6. The lowest BCUT2D eigenvalue weighted by molar-refractivity contribution is -0.386. The minimum atomic E-state index is -1.14. The molecule has 0 aliphatic rings. The molecule has 0 unspecified atom stereocenters. The molecule has 4 aromatic rings. The van der Waals surface area contributed by atoms with Gasteiger partial charge in [0.15, 0.2) is 0 Å². The van der Waals surface area contributed by atoms with E-state index in [0.717, 1.165) is 12.1 Å². The average Bonchev–Trinajstić information content (AvgIpc) is 3.23. The normalized spacial score (nSPS) is 9.67. The van der Waals surface area contributed by atoms with E-state index in [1.807, 2.05) is 0 Å². The summed E-state index contributed by atoms with van der Waals surface area (Å²) in [6, 6.07) is 17.9. The van der Waals surface area contributed by atoms with Gasteiger partial charge in [0, 0.05) is 70.9 Å². The number of non-ortho nitro benzene ring substituents is 2. The Kier molecular flexibility index (Phi) is 21.3. The summed E-state index contributed by atoms with van der Waals surface area (Å²) in [5.41, 5.74) is 14.9. The van der Waals surface area contributed by atoms with Crippen molar-refractivity contribution < 1.29 is 58.1 Å². The molecule has 0 saturated heterocycles. The third kappa shape index (κ3) is 18.7. The molecule has 27 heteroatoms. The van der Waals surface area contributed by atoms with Crippen molar-refractivity contribution in [2.75, 3.05) is 26.3 Å². The number of benzene rings is 4. The molecule has 320 valence electrons. The molecule has 0 aromatic heterocycles. The fourth-order valence-electron chi connectivity index (χ4n) is 4.27. The Labute approximate surface area is 346 Å². The molecule has 26 nitrogen and oxygen atoms in total. The highest BCUT2D eigenvalue weighted by molar-refractivity contribution is 6.61. The van der Waals surface area contributed by atoms with Crippen LogP contribution >= 0.6 is 11.6 Å². The third-order valence-corrected chi connectivity index (χ3v) is 7.05. The predicted molar refractivity (Wildman–Crippen MR) is 209 cm³/mol. The van der Waals surface area contributed by atoms with Crippen molar-refractivity contribution in [2.24, 2.45) is 10.2 Å². The van der Waals surface area contributed by atoms with Crippen LogP contribution < -0.4 is 18.9 Å². The van der Waals surface area contributed by atoms with Crippen LogP contribution in [0.4, 0.5) is 32.3 Å². The number of ether oxygens (including phenoxy) is 5. The van der Waals surface area contributed by atoms with Crippen molar-refractivity contribution in [1.82, 2.24) is 0 Å². The van der Waals surface area contributed by atoms with Crippen molar-refractivity contribution in [2.45, 2.75) is 26.1 Å². The van der Waals surface area contributed by atoms with E-state index < -0.39 is 44.5 Å². The van der Waals surface area contributed by atoms with Crippen LogP contribution in [0.5, 0.6) is 23.0 Å². The maximum atomic E-state index is 11.8. The zero-order valence-electron chi connectivity index (χ0n) is 31.2. The number of aliphatic hydroxyl groups is 1. The molecule has 4 rings (SSSR count). The van der Waals surface area contributed by atoms with Gasteiger partial charge in [0.25, 0.3) is 22.7 Å². The van der Waals surface area contributed by atoms with Gasteiger partial charge < -0.3 is 28.8 Å². The SMILES string of the molecule is O=C(Cl)Oc1ccc([N+](=O)[O-])cc1.[N-]=[N+]=NCCCOc1ccc([N+](=O)[O-])c(CO)c1.[N-]=[N+]=NCCCOc1ccc([N+](=O)[O-])c(COC(=O)Oc2ccc([N+](=O)[O-])cc2)c1. The highest BCUT2D eigenvalue weighted by atomic mass is 35.5. The Morgan fingerprint density at radius 2 is 1.03 bits per heavy atom. The van der Waals surface area contributed by atoms with Crippen LogP contribution in [0.15, 0.2) is 95.2 Å². The zero-order chi connectivity index (χ0) is 45.2. The topological polar surface area (TPSA) is 371 Å². The minimum Gasteiger partial charge on any atom is -0.494 e. The average molecular weight is 871 g/mol. The maximum Gasteiger partial charge on any atom is 0.514 e. The third-order valence-electron chi connectivity index (χ3n) is 6.97. The number of azide groups is 2. The molecule has 0 saturated carbocycles. The van der Waals surface area contributed by atoms with Crippen molar-refractivity contribution in [3.8, 4) is 23.0 Å². The van der Waals surface area contributed by atoms with Crippen LogP contribution in [0.2, 0.25) is 0 Å². The number of nitro benzene ring substituents is 4. The van der Waals surface area contributed by atoms with Crippen LogP contribution in [0.3, 0.4) is 0 Å². The van der Waals surface area contributed by atoms with Crippen molar-refractivity contribution in [3.05, 3.63) is 157 Å². The summed E-state index contributed by atoms with van der Waals surface area (Å²) in [6.45, 7) is 0.246. The van der Waals surface area contributed by atoms with Gasteiger partial charge in [-0.05, 0) is 72.4 Å². The second-order valence-corrected chi connectivity index (χ2v) is 11.4. The Hall–Kier alpha value is -8.31. The van der Waals surface area contributed by atoms with Gasteiger partial charge in [-0.15, -0.1) is 0 Å². The molecular formula is C34H31ClN10O16. The lowest BCUT2D eigenvalue weighted by Crippen LogP contribution is -2.11. The second kappa shape index (κ2) is 26.6. The number of carbonyl (C=O) groups is 2. The quantitative estimate of drug-likeness (QED) is 0.0106. The molecule has 0 atom stereocenters. The van der Waals surface area contributed by atoms with E-state index in [0.29, 0.717) is 37.5 Å². The minimum absolute atomic E-state index is 0.0113. The van der Waals surface area contributed by atoms with Crippen LogP contribution in [-0.2, 0) is 18.0 Å². The summed E-state index contributed by atoms with van der Waals surface area (Å²) in [5.74, 6) is 0.928. The van der Waals surface area contributed by atoms with Crippen molar-refractivity contribution in [3.63, 3.8) is 0 Å². The first kappa shape index (κ1) is 48.8. The van der Waals surface area contributed by atoms with Gasteiger partial charge in [-0.25, -0.2) is 9.59 Å². The van der Waals surface area contributed by atoms with Crippen molar-refractivity contribution in [1.29, 1.82) is 0 Å². The summed E-state index contributed by atoms with van der Waals surface area (Å²) in [7, 11) is 0. The van der Waals surface area contributed by atoms with Crippen LogP contribution in [0, 0.1) is 40.5 Å². The lowest BCUT2D eigenvalue weighted by atomic mass is 10.2. The Bertz CT molecular complexity index is 2250. The molecule has 0 spiro atoms. The molecule has 0 aliphatic heterocycles. The van der Waals surface area contributed by atoms with E-state index in [1.54, 1.807) is 0 Å². The van der Waals surface area contributed by atoms with Crippen LogP contribution in [0.25, 0.3) is 20.9 Å². The second-order valence-electron chi connectivity index (χ2n) is 11.0. The standard InChI is InChI=1S/C17H15N5O8.C10H12N4O4.C7H4ClNO4/c18-20-19-8-1-9-28-15-6-7-16(22(26)27)12(10-15)11-29-17(23)30-14-4-2-13(3-5-14)21(24)25;11-13-12-4-1-5-18-9-2-3-10(14(16)17)8(6-9)7-15;8-7(10)13-6-3-1-5(2-4-6)9(11)12/h2-7,10H,1,8-9,11H2;2-3,6,15H,1,4-5,7H2;1-4H. The highest BCUT2D eigenvalue weighted by Gasteiger charge is 2.18. The first-order valence-electron chi connectivity index (χ1n) is 16.8. The van der Waals surface area contributed by atoms with Crippen LogP contribution in [-0.4, -0.2) is 62.7 Å². The number of rotatable bonds is 19. The highest BCUT2D eigenvalue weighted by Crippen LogP contribution is 2.26. The number of carbonyl (C=O) groups excluding carboxylic acids is 2. The Morgan fingerprint density at radius 1 is 0.623 bits per heavy atom. The summed E-state index contributed by atoms with van der Waals surface area (Å²) in [6.07, 6.45) is -0.136. The monoisotopic (exact) mass is 870 g/mol. The largest absolute Gasteiger partial charge is 0.514 e. The van der Waals surface area contributed by atoms with Gasteiger partial charge in [0.1, 0.15) is 29.6 Å². The molecule has 4 aromatic carbocycles. The molecule has 0 heterocycles. The Morgan fingerprint density at radius 3 is 1.43 bits per heavy atom. The van der Waals surface area contributed by atoms with E-state index in [-0.39, 0.29) is 58.5 Å². The van der Waals surface area contributed by atoms with Gasteiger partial charge in [0.05, 0.1) is 50.6 Å². The molecule has 1 N–H and O–H groups in total.